The number of likely N-dealkylation sites (tertiary alicyclic amines) is 1. The standard InChI is InChI=1S/C21H25ClN2O2/c1-16-13-18(9-10-19(16)22)26-15-21(25)23-14-20(24-11-5-6-12-24)17-7-3-2-4-8-17/h2-4,7-10,13,20H,5-6,11-12,14-15H2,1H3,(H,23,25)/t20-/m0/s1. The molecule has 1 fully saturated rings. The molecule has 1 N–H and O–H groups in total. The van der Waals surface area contributed by atoms with Crippen LogP contribution in [-0.4, -0.2) is 37.0 Å². The van der Waals surface area contributed by atoms with Crippen molar-refractivity contribution in [3.63, 3.8) is 0 Å². The van der Waals surface area contributed by atoms with Crippen LogP contribution in [0.15, 0.2) is 48.5 Å². The van der Waals surface area contributed by atoms with Gasteiger partial charge < -0.3 is 10.1 Å². The summed E-state index contributed by atoms with van der Waals surface area (Å²) in [5, 5.41) is 3.72. The Morgan fingerprint density at radius 3 is 2.62 bits per heavy atom. The van der Waals surface area contributed by atoms with Gasteiger partial charge in [0, 0.05) is 11.6 Å². The monoisotopic (exact) mass is 372 g/mol. The molecular weight excluding hydrogens is 348 g/mol. The summed E-state index contributed by atoms with van der Waals surface area (Å²) in [4.78, 5) is 14.7. The summed E-state index contributed by atoms with van der Waals surface area (Å²) in [6.45, 7) is 4.66. The lowest BCUT2D eigenvalue weighted by Gasteiger charge is -2.28. The molecule has 0 saturated carbocycles. The van der Waals surface area contributed by atoms with Crippen LogP contribution < -0.4 is 10.1 Å². The van der Waals surface area contributed by atoms with Crippen LogP contribution in [-0.2, 0) is 4.79 Å². The lowest BCUT2D eigenvalue weighted by Crippen LogP contribution is -2.38. The van der Waals surface area contributed by atoms with Crippen LogP contribution in [0.4, 0.5) is 0 Å². The zero-order valence-electron chi connectivity index (χ0n) is 15.1. The number of amides is 1. The number of aryl methyl sites for hydroxylation is 1. The molecule has 5 heteroatoms. The summed E-state index contributed by atoms with van der Waals surface area (Å²) in [7, 11) is 0. The molecule has 0 aliphatic carbocycles. The van der Waals surface area contributed by atoms with Gasteiger partial charge >= 0.3 is 0 Å². The number of hydrogen-bond acceptors (Lipinski definition) is 3. The van der Waals surface area contributed by atoms with Gasteiger partial charge in [0.15, 0.2) is 6.61 Å². The van der Waals surface area contributed by atoms with E-state index in [4.69, 9.17) is 16.3 Å². The minimum atomic E-state index is -0.113. The molecule has 26 heavy (non-hydrogen) atoms. The largest absolute Gasteiger partial charge is 0.484 e. The number of carbonyl (C=O) groups excluding carboxylic acids is 1. The number of benzene rings is 2. The van der Waals surface area contributed by atoms with Gasteiger partial charge in [-0.3, -0.25) is 9.69 Å². The molecule has 0 radical (unpaired) electrons. The van der Waals surface area contributed by atoms with Crippen molar-refractivity contribution in [1.29, 1.82) is 0 Å². The molecule has 1 atom stereocenters. The number of halogens is 1. The molecule has 3 rings (SSSR count). The summed E-state index contributed by atoms with van der Waals surface area (Å²) >= 11 is 6.01. The molecule has 1 aliphatic heterocycles. The van der Waals surface area contributed by atoms with Crippen molar-refractivity contribution in [2.45, 2.75) is 25.8 Å². The highest BCUT2D eigenvalue weighted by molar-refractivity contribution is 6.31. The van der Waals surface area contributed by atoms with Gasteiger partial charge in [-0.1, -0.05) is 41.9 Å². The van der Waals surface area contributed by atoms with Crippen molar-refractivity contribution in [2.75, 3.05) is 26.2 Å². The van der Waals surface area contributed by atoms with E-state index in [-0.39, 0.29) is 18.6 Å². The molecule has 0 spiro atoms. The second kappa shape index (κ2) is 9.06. The highest BCUT2D eigenvalue weighted by atomic mass is 35.5. The first kappa shape index (κ1) is 18.7. The van der Waals surface area contributed by atoms with E-state index in [9.17, 15) is 4.79 Å². The first-order valence-corrected chi connectivity index (χ1v) is 9.46. The molecule has 4 nitrogen and oxygen atoms in total. The molecule has 1 aliphatic rings. The van der Waals surface area contributed by atoms with Gasteiger partial charge in [0.05, 0.1) is 6.04 Å². The minimum absolute atomic E-state index is 0.00256. The Kier molecular flexibility index (Phi) is 6.53. The summed E-state index contributed by atoms with van der Waals surface area (Å²) in [6.07, 6.45) is 2.44. The average Bonchev–Trinajstić information content (AvgIpc) is 3.18. The SMILES string of the molecule is Cc1cc(OCC(=O)NC[C@@H](c2ccccc2)N2CCCC2)ccc1Cl. The molecule has 0 aromatic heterocycles. The Hall–Kier alpha value is -2.04. The number of hydrogen-bond donors (Lipinski definition) is 1. The van der Waals surface area contributed by atoms with Crippen LogP contribution in [0.1, 0.15) is 30.0 Å². The average molecular weight is 373 g/mol. The lowest BCUT2D eigenvalue weighted by atomic mass is 10.1. The van der Waals surface area contributed by atoms with Gasteiger partial charge in [-0.25, -0.2) is 0 Å². The van der Waals surface area contributed by atoms with E-state index in [0.29, 0.717) is 17.3 Å². The fraction of sp³-hybridized carbons (Fsp3) is 0.381. The normalized spacial score (nSPS) is 15.6. The van der Waals surface area contributed by atoms with Crippen LogP contribution in [0.2, 0.25) is 5.02 Å². The third kappa shape index (κ3) is 4.99. The minimum Gasteiger partial charge on any atom is -0.484 e. The number of nitrogens with one attached hydrogen (secondary N) is 1. The van der Waals surface area contributed by atoms with E-state index in [1.807, 2.05) is 31.2 Å². The van der Waals surface area contributed by atoms with E-state index in [0.717, 1.165) is 18.7 Å². The van der Waals surface area contributed by atoms with E-state index in [2.05, 4.69) is 22.3 Å². The Morgan fingerprint density at radius 1 is 1.19 bits per heavy atom. The Labute approximate surface area is 160 Å². The highest BCUT2D eigenvalue weighted by Crippen LogP contribution is 2.24. The maximum absolute atomic E-state index is 12.2. The van der Waals surface area contributed by atoms with Crippen molar-refractivity contribution >= 4 is 17.5 Å². The van der Waals surface area contributed by atoms with Crippen molar-refractivity contribution in [3.05, 3.63) is 64.7 Å². The number of carbonyl (C=O) groups is 1. The molecule has 1 heterocycles. The van der Waals surface area contributed by atoms with Crippen molar-refractivity contribution in [2.24, 2.45) is 0 Å². The molecule has 0 bridgehead atoms. The van der Waals surface area contributed by atoms with Gasteiger partial charge in [0.2, 0.25) is 0 Å². The summed E-state index contributed by atoms with van der Waals surface area (Å²) < 4.78 is 5.58. The van der Waals surface area contributed by atoms with Crippen molar-refractivity contribution in [3.8, 4) is 5.75 Å². The third-order valence-corrected chi connectivity index (χ3v) is 5.18. The molecule has 0 unspecified atom stereocenters. The van der Waals surface area contributed by atoms with E-state index in [1.54, 1.807) is 12.1 Å². The predicted molar refractivity (Wildman–Crippen MR) is 105 cm³/mol. The Balaban J connectivity index is 1.54. The van der Waals surface area contributed by atoms with Crippen molar-refractivity contribution < 1.29 is 9.53 Å². The van der Waals surface area contributed by atoms with E-state index < -0.39 is 0 Å². The highest BCUT2D eigenvalue weighted by Gasteiger charge is 2.23. The van der Waals surface area contributed by atoms with Crippen LogP contribution in [0.5, 0.6) is 5.75 Å². The van der Waals surface area contributed by atoms with Crippen molar-refractivity contribution in [1.82, 2.24) is 10.2 Å². The second-order valence-electron chi connectivity index (χ2n) is 6.67. The van der Waals surface area contributed by atoms with E-state index >= 15 is 0 Å². The lowest BCUT2D eigenvalue weighted by molar-refractivity contribution is -0.123. The fourth-order valence-electron chi connectivity index (χ4n) is 3.30. The van der Waals surface area contributed by atoms with Crippen LogP contribution in [0.25, 0.3) is 0 Å². The predicted octanol–water partition coefficient (Wildman–Crippen LogP) is 3.98. The summed E-state index contributed by atoms with van der Waals surface area (Å²) in [5.74, 6) is 0.541. The second-order valence-corrected chi connectivity index (χ2v) is 7.08. The van der Waals surface area contributed by atoms with Gasteiger partial charge in [0.1, 0.15) is 5.75 Å². The zero-order valence-corrected chi connectivity index (χ0v) is 15.8. The number of ether oxygens (including phenoxy) is 1. The number of rotatable bonds is 7. The molecular formula is C21H25ClN2O2. The van der Waals surface area contributed by atoms with Crippen LogP contribution >= 0.6 is 11.6 Å². The Bertz CT molecular complexity index is 730. The Morgan fingerprint density at radius 2 is 1.92 bits per heavy atom. The molecule has 1 saturated heterocycles. The first-order valence-electron chi connectivity index (χ1n) is 9.08. The smallest absolute Gasteiger partial charge is 0.258 e. The van der Waals surface area contributed by atoms with Gasteiger partial charge in [-0.05, 0) is 62.2 Å². The maximum atomic E-state index is 12.2. The first-order chi connectivity index (χ1) is 12.6. The molecule has 2 aromatic carbocycles. The summed E-state index contributed by atoms with van der Waals surface area (Å²) in [5.41, 5.74) is 2.17. The summed E-state index contributed by atoms with van der Waals surface area (Å²) in [6, 6.07) is 16.0. The van der Waals surface area contributed by atoms with Crippen LogP contribution in [0, 0.1) is 6.92 Å². The number of nitrogens with zero attached hydrogens (tertiary/aromatic N) is 1. The topological polar surface area (TPSA) is 41.6 Å². The zero-order chi connectivity index (χ0) is 18.4. The van der Waals surface area contributed by atoms with Gasteiger partial charge in [0.25, 0.3) is 5.91 Å². The van der Waals surface area contributed by atoms with Crippen LogP contribution in [0.3, 0.4) is 0 Å². The van der Waals surface area contributed by atoms with Gasteiger partial charge in [-0.2, -0.15) is 0 Å². The molecule has 138 valence electrons. The molecule has 2 aromatic rings. The third-order valence-electron chi connectivity index (χ3n) is 4.76. The molecule has 1 amide bonds. The van der Waals surface area contributed by atoms with Gasteiger partial charge in [-0.15, -0.1) is 0 Å². The fourth-order valence-corrected chi connectivity index (χ4v) is 3.42. The maximum Gasteiger partial charge on any atom is 0.258 e. The quantitative estimate of drug-likeness (QED) is 0.799. The van der Waals surface area contributed by atoms with E-state index in [1.165, 1.54) is 18.4 Å².